The summed E-state index contributed by atoms with van der Waals surface area (Å²) in [5.41, 5.74) is 10.6. The second-order valence-electron chi connectivity index (χ2n) is 3.69. The molecule has 0 aliphatic rings. The van der Waals surface area contributed by atoms with Gasteiger partial charge >= 0.3 is 0 Å². The highest BCUT2D eigenvalue weighted by Crippen LogP contribution is 1.99. The quantitative estimate of drug-likeness (QED) is 0.614. The first-order chi connectivity index (χ1) is 6.15. The summed E-state index contributed by atoms with van der Waals surface area (Å²) >= 11 is 0. The number of nitrogens with two attached hydrogens (primary N) is 2. The summed E-state index contributed by atoms with van der Waals surface area (Å²) in [6.07, 6.45) is 6.19. The van der Waals surface area contributed by atoms with Gasteiger partial charge in [0.1, 0.15) is 0 Å². The molecule has 82 valence electrons. The smallest absolute Gasteiger partial charge is 0.00773 e. The summed E-state index contributed by atoms with van der Waals surface area (Å²) in [5.74, 6) is 0. The summed E-state index contributed by atoms with van der Waals surface area (Å²) in [7, 11) is 6.00. The van der Waals surface area contributed by atoms with E-state index >= 15 is 0 Å². The Morgan fingerprint density at radius 3 is 1.15 bits per heavy atom. The van der Waals surface area contributed by atoms with Crippen LogP contribution in [0.4, 0.5) is 0 Å². The fourth-order valence-corrected chi connectivity index (χ4v) is 0.819. The first kappa shape index (κ1) is 15.4. The fraction of sp³-hybridized carbons (Fsp3) is 1.00. The molecule has 0 aliphatic carbocycles. The highest BCUT2D eigenvalue weighted by molar-refractivity contribution is 4.44. The molecule has 0 atom stereocenters. The molecule has 0 amide bonds. The van der Waals surface area contributed by atoms with Crippen molar-refractivity contribution >= 4 is 0 Å². The summed E-state index contributed by atoms with van der Waals surface area (Å²) in [6.45, 7) is 1.67. The minimum atomic E-state index is 0.836. The van der Waals surface area contributed by atoms with Crippen LogP contribution in [0.25, 0.3) is 0 Å². The maximum atomic E-state index is 5.32. The van der Waals surface area contributed by atoms with Gasteiger partial charge in [0.05, 0.1) is 0 Å². The van der Waals surface area contributed by atoms with Crippen LogP contribution < -0.4 is 11.5 Å². The van der Waals surface area contributed by atoms with E-state index in [0.29, 0.717) is 0 Å². The molecule has 0 aromatic heterocycles. The van der Waals surface area contributed by atoms with E-state index in [1.807, 2.05) is 26.0 Å². The van der Waals surface area contributed by atoms with Gasteiger partial charge in [-0.2, -0.15) is 0 Å². The third-order valence-corrected chi connectivity index (χ3v) is 1.41. The van der Waals surface area contributed by atoms with E-state index < -0.39 is 0 Å². The summed E-state index contributed by atoms with van der Waals surface area (Å²) in [4.78, 5) is 2.00. The van der Waals surface area contributed by atoms with Crippen LogP contribution in [0.3, 0.4) is 0 Å². The van der Waals surface area contributed by atoms with Crippen LogP contribution in [-0.4, -0.2) is 39.1 Å². The van der Waals surface area contributed by atoms with E-state index in [0.717, 1.165) is 13.1 Å². The van der Waals surface area contributed by atoms with Gasteiger partial charge in [0.2, 0.25) is 0 Å². The van der Waals surface area contributed by atoms with Crippen molar-refractivity contribution in [1.29, 1.82) is 0 Å². The summed E-state index contributed by atoms with van der Waals surface area (Å²) in [5, 5.41) is 0. The monoisotopic (exact) mass is 189 g/mol. The largest absolute Gasteiger partial charge is 0.330 e. The molecule has 0 fully saturated rings. The van der Waals surface area contributed by atoms with Gasteiger partial charge < -0.3 is 16.4 Å². The van der Waals surface area contributed by atoms with Crippen LogP contribution in [0.15, 0.2) is 0 Å². The van der Waals surface area contributed by atoms with Crippen molar-refractivity contribution in [1.82, 2.24) is 4.90 Å². The van der Waals surface area contributed by atoms with E-state index in [4.69, 9.17) is 11.5 Å². The minimum absolute atomic E-state index is 0.836. The molecular weight excluding hydrogens is 162 g/mol. The summed E-state index contributed by atoms with van der Waals surface area (Å²) < 4.78 is 0. The predicted molar refractivity (Wildman–Crippen MR) is 60.8 cm³/mol. The Morgan fingerprint density at radius 2 is 0.923 bits per heavy atom. The molecule has 4 N–H and O–H groups in total. The second-order valence-corrected chi connectivity index (χ2v) is 3.69. The lowest BCUT2D eigenvalue weighted by molar-refractivity contribution is 0.505. The third kappa shape index (κ3) is 33.5. The molecule has 13 heavy (non-hydrogen) atoms. The van der Waals surface area contributed by atoms with Gasteiger partial charge in [0, 0.05) is 0 Å². The molecule has 0 heterocycles. The lowest BCUT2D eigenvalue weighted by atomic mass is 10.1. The lowest BCUT2D eigenvalue weighted by Crippen LogP contribution is -1.99. The molecule has 0 aromatic carbocycles. The normalized spacial score (nSPS) is 9.69. The molecule has 0 saturated carbocycles. The van der Waals surface area contributed by atoms with Crippen molar-refractivity contribution in [2.75, 3.05) is 34.2 Å². The summed E-state index contributed by atoms with van der Waals surface area (Å²) in [6, 6.07) is 0. The molecule has 0 unspecified atom stereocenters. The van der Waals surface area contributed by atoms with Crippen LogP contribution in [-0.2, 0) is 0 Å². The maximum Gasteiger partial charge on any atom is -0.00773 e. The minimum Gasteiger partial charge on any atom is -0.330 e. The van der Waals surface area contributed by atoms with Crippen molar-refractivity contribution in [3.8, 4) is 0 Å². The molecule has 0 spiro atoms. The van der Waals surface area contributed by atoms with Crippen molar-refractivity contribution in [2.45, 2.75) is 32.1 Å². The van der Waals surface area contributed by atoms with Crippen LogP contribution in [0.5, 0.6) is 0 Å². The molecule has 0 rings (SSSR count). The molecule has 0 saturated heterocycles. The molecule has 3 heteroatoms. The number of hydrogen-bond acceptors (Lipinski definition) is 3. The molecule has 0 radical (unpaired) electrons. The molecular formula is C10H27N3. The van der Waals surface area contributed by atoms with Gasteiger partial charge in [0.25, 0.3) is 0 Å². The zero-order valence-corrected chi connectivity index (χ0v) is 9.55. The van der Waals surface area contributed by atoms with E-state index in [2.05, 4.69) is 0 Å². The highest BCUT2D eigenvalue weighted by atomic mass is 15.0. The number of hydrogen-bond donors (Lipinski definition) is 2. The first-order valence-electron chi connectivity index (χ1n) is 5.16. The number of nitrogens with zero attached hydrogens (tertiary/aromatic N) is 1. The third-order valence-electron chi connectivity index (χ3n) is 1.41. The Hall–Kier alpha value is -0.120. The van der Waals surface area contributed by atoms with Gasteiger partial charge in [0.15, 0.2) is 0 Å². The average Bonchev–Trinajstić information content (AvgIpc) is 2.03. The SMILES string of the molecule is CN(C)C.NCCCCCCCN. The van der Waals surface area contributed by atoms with Gasteiger partial charge in [-0.15, -0.1) is 0 Å². The van der Waals surface area contributed by atoms with Crippen LogP contribution >= 0.6 is 0 Å². The Labute approximate surface area is 83.5 Å². The standard InChI is InChI=1S/C7H18N2.C3H9N/c8-6-4-2-1-3-5-7-9;1-4(2)3/h1-9H2;1-3H3. The Morgan fingerprint density at radius 1 is 0.692 bits per heavy atom. The van der Waals surface area contributed by atoms with E-state index in [9.17, 15) is 0 Å². The Kier molecular flexibility index (Phi) is 17.0. The second kappa shape index (κ2) is 14.4. The lowest BCUT2D eigenvalue weighted by Gasteiger charge is -1.96. The first-order valence-corrected chi connectivity index (χ1v) is 5.16. The van der Waals surface area contributed by atoms with Crippen LogP contribution in [0, 0.1) is 0 Å². The van der Waals surface area contributed by atoms with E-state index in [1.165, 1.54) is 32.1 Å². The van der Waals surface area contributed by atoms with Gasteiger partial charge in [-0.05, 0) is 47.1 Å². The van der Waals surface area contributed by atoms with E-state index in [-0.39, 0.29) is 0 Å². The fourth-order valence-electron chi connectivity index (χ4n) is 0.819. The van der Waals surface area contributed by atoms with E-state index in [1.54, 1.807) is 0 Å². The Bertz CT molecular complexity index is 65.8. The molecule has 0 aromatic rings. The number of rotatable bonds is 6. The van der Waals surface area contributed by atoms with Crippen molar-refractivity contribution < 1.29 is 0 Å². The molecule has 0 aliphatic heterocycles. The number of unbranched alkanes of at least 4 members (excludes halogenated alkanes) is 4. The molecule has 3 nitrogen and oxygen atoms in total. The predicted octanol–water partition coefficient (Wildman–Crippen LogP) is 1.03. The molecule has 0 bridgehead atoms. The van der Waals surface area contributed by atoms with Crippen molar-refractivity contribution in [3.63, 3.8) is 0 Å². The van der Waals surface area contributed by atoms with Crippen LogP contribution in [0.2, 0.25) is 0 Å². The zero-order chi connectivity index (χ0) is 10.5. The Balaban J connectivity index is 0. The van der Waals surface area contributed by atoms with Crippen molar-refractivity contribution in [2.24, 2.45) is 11.5 Å². The average molecular weight is 189 g/mol. The zero-order valence-electron chi connectivity index (χ0n) is 9.55. The van der Waals surface area contributed by atoms with Crippen molar-refractivity contribution in [3.05, 3.63) is 0 Å². The highest BCUT2D eigenvalue weighted by Gasteiger charge is 1.85. The van der Waals surface area contributed by atoms with Gasteiger partial charge in [-0.25, -0.2) is 0 Å². The van der Waals surface area contributed by atoms with Crippen LogP contribution in [0.1, 0.15) is 32.1 Å². The topological polar surface area (TPSA) is 55.3 Å². The maximum absolute atomic E-state index is 5.32. The van der Waals surface area contributed by atoms with Gasteiger partial charge in [-0.3, -0.25) is 0 Å². The van der Waals surface area contributed by atoms with Gasteiger partial charge in [-0.1, -0.05) is 19.3 Å².